The molecule has 0 amide bonds. The Balaban J connectivity index is 0.000000671. The average molecular weight is 416 g/mol. The van der Waals surface area contributed by atoms with Crippen LogP contribution in [-0.4, -0.2) is 24.4 Å². The molecule has 1 fully saturated rings. The summed E-state index contributed by atoms with van der Waals surface area (Å²) in [6.45, 7) is -0.0986. The van der Waals surface area contributed by atoms with E-state index in [4.69, 9.17) is 0 Å². The molecule has 0 unspecified atom stereocenters. The predicted octanol–water partition coefficient (Wildman–Crippen LogP) is 0.0912. The van der Waals surface area contributed by atoms with Gasteiger partial charge in [0, 0.05) is 0 Å². The number of halogens is 1. The second-order valence-corrected chi connectivity index (χ2v) is 1.78. The predicted molar refractivity (Wildman–Crippen MR) is 42.5 cm³/mol. The van der Waals surface area contributed by atoms with Gasteiger partial charge in [0.05, 0.1) is 5.57 Å². The van der Waals surface area contributed by atoms with Gasteiger partial charge in [0.15, 0.2) is 5.94 Å². The average Bonchev–Trinajstić information content (AvgIpc) is 2.62. The van der Waals surface area contributed by atoms with Gasteiger partial charge in [-0.1, -0.05) is 0 Å². The maximum absolute atomic E-state index is 10.1. The third-order valence-corrected chi connectivity index (χ3v) is 1.21. The minimum atomic E-state index is -0.265. The molecule has 6 heteroatoms. The van der Waals surface area contributed by atoms with Gasteiger partial charge in [0.25, 0.3) is 0 Å². The summed E-state index contributed by atoms with van der Waals surface area (Å²) in [6, 6.07) is 0. The van der Waals surface area contributed by atoms with Gasteiger partial charge in [-0.25, -0.2) is 14.4 Å². The molecule has 1 heterocycles. The van der Waals surface area contributed by atoms with Crippen molar-refractivity contribution in [2.75, 3.05) is 6.61 Å². The summed E-state index contributed by atoms with van der Waals surface area (Å²) in [5.41, 5.74) is -0.159. The third kappa shape index (κ3) is 2.91. The van der Waals surface area contributed by atoms with Crippen molar-refractivity contribution in [2.24, 2.45) is 0 Å². The van der Waals surface area contributed by atoms with Gasteiger partial charge < -0.3 is 4.74 Å². The Kier molecular flexibility index (Phi) is 6.40. The number of rotatable bonds is 0. The minimum absolute atomic E-state index is 0.0124. The van der Waals surface area contributed by atoms with Gasteiger partial charge in [-0.05, 0) is 0 Å². The summed E-state index contributed by atoms with van der Waals surface area (Å²) >= 11 is 4.53. The van der Waals surface area contributed by atoms with Crippen LogP contribution in [0.25, 0.3) is 0 Å². The zero-order valence-electron chi connectivity index (χ0n) is 6.10. The second-order valence-electron chi connectivity index (χ2n) is 1.78. The summed E-state index contributed by atoms with van der Waals surface area (Å²) in [6.07, 6.45) is 0. The van der Waals surface area contributed by atoms with Crippen molar-refractivity contribution in [1.29, 1.82) is 0 Å². The number of allylic oxidation sites excluding steroid dienone is 1. The molecular formula is C7H2BrO4Re. The Morgan fingerprint density at radius 3 is 2.15 bits per heavy atom. The van der Waals surface area contributed by atoms with E-state index >= 15 is 0 Å². The van der Waals surface area contributed by atoms with E-state index in [2.05, 4.69) is 18.2 Å². The van der Waals surface area contributed by atoms with Crippen molar-refractivity contribution < 1.29 is 36.3 Å². The van der Waals surface area contributed by atoms with Crippen LogP contribution in [0.5, 0.6) is 0 Å². The van der Waals surface area contributed by atoms with Crippen LogP contribution in [0.15, 0.2) is 16.9 Å². The quantitative estimate of drug-likeness (QED) is 0.526. The molecule has 1 aliphatic rings. The summed E-state index contributed by atoms with van der Waals surface area (Å²) in [7, 11) is 0. The van der Waals surface area contributed by atoms with E-state index in [-0.39, 0.29) is 23.5 Å². The van der Waals surface area contributed by atoms with E-state index in [1.54, 1.807) is 0 Å². The molecule has 0 aromatic rings. The van der Waals surface area contributed by atoms with Crippen LogP contribution >= 0.6 is 13.4 Å². The fourth-order valence-electron chi connectivity index (χ4n) is 0.695. The van der Waals surface area contributed by atoms with E-state index in [0.717, 1.165) is 0 Å². The monoisotopic (exact) mass is 416 g/mol. The van der Waals surface area contributed by atoms with E-state index in [0.29, 0.717) is 0 Å². The maximum atomic E-state index is 10.1. The first-order chi connectivity index (χ1) is 6.33. The normalized spacial score (nSPS) is 13.2. The first-order valence-corrected chi connectivity index (χ1v) is 8.78. The molecule has 0 radical (unpaired) electrons. The molecule has 0 aliphatic carbocycles. The van der Waals surface area contributed by atoms with Crippen LogP contribution in [0.2, 0.25) is 0 Å². The molecule has 0 N–H and O–H groups in total. The standard InChI is InChI=1S/C7H2O4.BrH.Re/c8-1-5-4-11-7(3-10)6(5)2-9;;/h4H2;1H;/q;;+1/p-1. The van der Waals surface area contributed by atoms with Crippen molar-refractivity contribution in [2.45, 2.75) is 0 Å². The second kappa shape index (κ2) is 6.77. The fourth-order valence-corrected chi connectivity index (χ4v) is 0.695. The van der Waals surface area contributed by atoms with Gasteiger partial charge in [0.2, 0.25) is 5.76 Å². The molecule has 1 saturated heterocycles. The number of carbonyl (C=O) groups excluding carboxylic acids is 3. The first kappa shape index (κ1) is 12.3. The molecule has 0 bridgehead atoms. The van der Waals surface area contributed by atoms with Gasteiger partial charge >= 0.3 is 30.6 Å². The molecule has 13 heavy (non-hydrogen) atoms. The number of hydrogen-bond acceptors (Lipinski definition) is 4. The van der Waals surface area contributed by atoms with Crippen LogP contribution in [0.1, 0.15) is 0 Å². The van der Waals surface area contributed by atoms with Gasteiger partial charge in [0.1, 0.15) is 24.1 Å². The Hall–Kier alpha value is -0.708. The molecule has 4 nitrogen and oxygen atoms in total. The zero-order chi connectivity index (χ0) is 10.3. The summed E-state index contributed by atoms with van der Waals surface area (Å²) in [5, 5.41) is 0. The van der Waals surface area contributed by atoms with Crippen molar-refractivity contribution in [3.8, 4) is 0 Å². The SMILES string of the molecule is O=C=C1COC(=C=O)C1=C=O.[Br][Re]. The third-order valence-electron chi connectivity index (χ3n) is 1.21. The summed E-state index contributed by atoms with van der Waals surface area (Å²) in [5.74, 6) is 3.99. The van der Waals surface area contributed by atoms with Crippen LogP contribution in [0, 0.1) is 0 Å². The van der Waals surface area contributed by atoms with Gasteiger partial charge in [-0.2, -0.15) is 0 Å². The van der Waals surface area contributed by atoms with Crippen LogP contribution < -0.4 is 0 Å². The fraction of sp³-hybridized carbons (Fsp3) is 0.143. The van der Waals surface area contributed by atoms with Crippen molar-refractivity contribution in [3.63, 3.8) is 0 Å². The molecular weight excluding hydrogens is 414 g/mol. The van der Waals surface area contributed by atoms with E-state index in [1.807, 2.05) is 0 Å². The van der Waals surface area contributed by atoms with Gasteiger partial charge in [-0.15, -0.1) is 0 Å². The Morgan fingerprint density at radius 2 is 1.77 bits per heavy atom. The van der Waals surface area contributed by atoms with Crippen LogP contribution in [0.4, 0.5) is 0 Å². The first-order valence-electron chi connectivity index (χ1n) is 2.85. The number of ether oxygens (including phenoxy) is 1. The Bertz CT molecular complexity index is 316. The van der Waals surface area contributed by atoms with E-state index in [9.17, 15) is 14.4 Å². The zero-order valence-corrected chi connectivity index (χ0v) is 10.4. The molecule has 0 atom stereocenters. The van der Waals surface area contributed by atoms with Crippen molar-refractivity contribution in [3.05, 3.63) is 16.9 Å². The van der Waals surface area contributed by atoms with Crippen molar-refractivity contribution >= 4 is 31.3 Å². The molecule has 1 aliphatic heterocycles. The molecule has 0 aromatic heterocycles. The summed E-state index contributed by atoms with van der Waals surface area (Å²) in [4.78, 5) is 30.2. The molecule has 1 rings (SSSR count). The van der Waals surface area contributed by atoms with Crippen molar-refractivity contribution in [1.82, 2.24) is 0 Å². The van der Waals surface area contributed by atoms with Crippen LogP contribution in [0.3, 0.4) is 0 Å². The van der Waals surface area contributed by atoms with Gasteiger partial charge in [-0.3, -0.25) is 0 Å². The molecule has 0 spiro atoms. The molecule has 0 aromatic carbocycles. The Labute approximate surface area is 91.0 Å². The van der Waals surface area contributed by atoms with E-state index < -0.39 is 0 Å². The molecule has 68 valence electrons. The Morgan fingerprint density at radius 1 is 1.15 bits per heavy atom. The summed E-state index contributed by atoms with van der Waals surface area (Å²) < 4.78 is 4.60. The van der Waals surface area contributed by atoms with E-state index in [1.165, 1.54) is 35.0 Å². The topological polar surface area (TPSA) is 60.4 Å². The number of hydrogen-bond donors (Lipinski definition) is 0. The van der Waals surface area contributed by atoms with Crippen LogP contribution in [-0.2, 0) is 36.3 Å². The molecule has 0 saturated carbocycles.